The molecule has 40 heavy (non-hydrogen) atoms. The van der Waals surface area contributed by atoms with E-state index < -0.39 is 7.82 Å². The third-order valence-corrected chi connectivity index (χ3v) is 8.87. The number of rotatable bonds is 31. The number of unbranched alkanes of at least 4 members (excludes halogenated alkanes) is 21. The van der Waals surface area contributed by atoms with Crippen molar-refractivity contribution in [1.82, 2.24) is 0 Å². The van der Waals surface area contributed by atoms with Gasteiger partial charge in [0.05, 0.1) is 13.2 Å². The molecule has 0 aromatic heterocycles. The van der Waals surface area contributed by atoms with Crippen LogP contribution in [0.5, 0.6) is 0 Å². The van der Waals surface area contributed by atoms with E-state index in [1.54, 1.807) is 0 Å². The lowest BCUT2D eigenvalue weighted by molar-refractivity contribution is 0.145. The minimum Gasteiger partial charge on any atom is -0.330 e. The lowest BCUT2D eigenvalue weighted by atomic mass is 10.0. The summed E-state index contributed by atoms with van der Waals surface area (Å²) >= 11 is 0. The predicted molar refractivity (Wildman–Crippen MR) is 177 cm³/mol. The van der Waals surface area contributed by atoms with Crippen molar-refractivity contribution in [2.75, 3.05) is 19.8 Å². The van der Waals surface area contributed by atoms with Gasteiger partial charge < -0.3 is 10.6 Å². The third-order valence-electron chi connectivity index (χ3n) is 7.85. The monoisotopic (exact) mass is 592 g/mol. The van der Waals surface area contributed by atoms with E-state index >= 15 is 0 Å². The van der Waals surface area contributed by atoms with E-state index in [1.807, 2.05) is 0 Å². The summed E-state index contributed by atoms with van der Waals surface area (Å²) in [5.74, 6) is 0.900. The van der Waals surface area contributed by atoms with Crippen molar-refractivity contribution in [2.45, 2.75) is 195 Å². The van der Waals surface area contributed by atoms with E-state index in [1.165, 1.54) is 141 Å². The molecule has 0 saturated carbocycles. The van der Waals surface area contributed by atoms with E-state index in [0.717, 1.165) is 38.1 Å². The van der Waals surface area contributed by atoms with Gasteiger partial charge in [0.15, 0.2) is 0 Å². The topological polar surface area (TPSA) is 81.8 Å². The number of hydrogen-bond acceptors (Lipinski definition) is 4. The minimum absolute atomic E-state index is 0.322. The van der Waals surface area contributed by atoms with Crippen LogP contribution in [0.15, 0.2) is 0 Å². The van der Waals surface area contributed by atoms with Crippen molar-refractivity contribution < 1.29 is 18.5 Å². The molecule has 0 aliphatic rings. The normalized spacial score (nSPS) is 12.3. The maximum atomic E-state index is 11.9. The highest BCUT2D eigenvalue weighted by Crippen LogP contribution is 2.43. The van der Waals surface area contributed by atoms with Crippen LogP contribution < -0.4 is 5.73 Å². The zero-order valence-corrected chi connectivity index (χ0v) is 28.7. The first-order valence-corrected chi connectivity index (χ1v) is 19.2. The van der Waals surface area contributed by atoms with Gasteiger partial charge in [0.1, 0.15) is 0 Å². The van der Waals surface area contributed by atoms with Gasteiger partial charge in [0.2, 0.25) is 0 Å². The second kappa shape index (κ2) is 35.3. The third kappa shape index (κ3) is 38.1. The Morgan fingerprint density at radius 3 is 1.18 bits per heavy atom. The summed E-state index contributed by atoms with van der Waals surface area (Å²) in [5, 5.41) is 0. The average molecular weight is 592 g/mol. The summed E-state index contributed by atoms with van der Waals surface area (Å²) in [6.45, 7) is 10.6. The van der Waals surface area contributed by atoms with Crippen molar-refractivity contribution in [3.05, 3.63) is 0 Å². The van der Waals surface area contributed by atoms with Gasteiger partial charge in [-0.2, -0.15) is 0 Å². The molecule has 0 rings (SSSR count). The molecule has 3 N–H and O–H groups in total. The van der Waals surface area contributed by atoms with Crippen LogP contribution in [0.3, 0.4) is 0 Å². The molecule has 0 fully saturated rings. The molecule has 0 amide bonds. The largest absolute Gasteiger partial charge is 0.472 e. The fourth-order valence-electron chi connectivity index (χ4n) is 4.77. The summed E-state index contributed by atoms with van der Waals surface area (Å²) in [6.07, 6.45) is 32.8. The van der Waals surface area contributed by atoms with Crippen LogP contribution in [-0.4, -0.2) is 24.7 Å². The fraction of sp³-hybridized carbons (Fsp3) is 1.00. The molecule has 6 heteroatoms. The summed E-state index contributed by atoms with van der Waals surface area (Å²) in [5.41, 5.74) is 5.36. The predicted octanol–water partition coefficient (Wildman–Crippen LogP) is 11.9. The zero-order chi connectivity index (χ0) is 30.0. The highest BCUT2D eigenvalue weighted by atomic mass is 31.2. The van der Waals surface area contributed by atoms with Gasteiger partial charge in [-0.25, -0.2) is 4.57 Å². The van der Waals surface area contributed by atoms with Crippen molar-refractivity contribution in [1.29, 1.82) is 0 Å². The molecular formula is C34H74NO4P. The highest BCUT2D eigenvalue weighted by molar-refractivity contribution is 7.47. The van der Waals surface area contributed by atoms with Crippen LogP contribution in [0, 0.1) is 5.92 Å². The van der Waals surface area contributed by atoms with E-state index in [-0.39, 0.29) is 0 Å². The van der Waals surface area contributed by atoms with E-state index in [2.05, 4.69) is 27.7 Å². The summed E-state index contributed by atoms with van der Waals surface area (Å²) < 4.78 is 22.1. The van der Waals surface area contributed by atoms with Crippen LogP contribution in [0.1, 0.15) is 195 Å². The number of phosphoric ester groups is 1. The molecular weight excluding hydrogens is 517 g/mol. The SMILES string of the molecule is CCC(C)CCCCN.CCCCCCCCCCCCCOP(=O)(O)OCCCCCCCCCCCCC. The van der Waals surface area contributed by atoms with Gasteiger partial charge in [0, 0.05) is 0 Å². The Hall–Kier alpha value is 0.0700. The molecule has 1 unspecified atom stereocenters. The summed E-state index contributed by atoms with van der Waals surface area (Å²) in [6, 6.07) is 0. The van der Waals surface area contributed by atoms with Gasteiger partial charge >= 0.3 is 7.82 Å². The molecule has 0 aromatic carbocycles. The number of nitrogens with two attached hydrogens (primary N) is 1. The molecule has 1 atom stereocenters. The minimum atomic E-state index is -3.85. The highest BCUT2D eigenvalue weighted by Gasteiger charge is 2.19. The molecule has 0 radical (unpaired) electrons. The Morgan fingerprint density at radius 1 is 0.550 bits per heavy atom. The van der Waals surface area contributed by atoms with Gasteiger partial charge in [-0.3, -0.25) is 9.05 Å². The molecule has 0 aliphatic heterocycles. The van der Waals surface area contributed by atoms with Gasteiger partial charge in [-0.1, -0.05) is 175 Å². The van der Waals surface area contributed by atoms with Crippen LogP contribution >= 0.6 is 7.82 Å². The maximum Gasteiger partial charge on any atom is 0.472 e. The molecule has 0 aromatic rings. The second-order valence-electron chi connectivity index (χ2n) is 12.0. The molecule has 0 aliphatic carbocycles. The lowest BCUT2D eigenvalue weighted by Crippen LogP contribution is -1.99. The first-order chi connectivity index (χ1) is 19.4. The van der Waals surface area contributed by atoms with Crippen molar-refractivity contribution in [3.63, 3.8) is 0 Å². The van der Waals surface area contributed by atoms with Crippen LogP contribution in [0.4, 0.5) is 0 Å². The molecule has 5 nitrogen and oxygen atoms in total. The fourth-order valence-corrected chi connectivity index (χ4v) is 5.57. The van der Waals surface area contributed by atoms with Crippen LogP contribution in [0.25, 0.3) is 0 Å². The molecule has 0 heterocycles. The van der Waals surface area contributed by atoms with Crippen molar-refractivity contribution in [3.8, 4) is 0 Å². The van der Waals surface area contributed by atoms with E-state index in [0.29, 0.717) is 13.2 Å². The summed E-state index contributed by atoms with van der Waals surface area (Å²) in [4.78, 5) is 9.75. The molecule has 0 saturated heterocycles. The Balaban J connectivity index is 0. The Bertz CT molecular complexity index is 474. The lowest BCUT2D eigenvalue weighted by Gasteiger charge is -2.12. The van der Waals surface area contributed by atoms with Crippen LogP contribution in [0.2, 0.25) is 0 Å². The quantitative estimate of drug-likeness (QED) is 0.0619. The zero-order valence-electron chi connectivity index (χ0n) is 27.8. The Morgan fingerprint density at radius 2 is 0.875 bits per heavy atom. The van der Waals surface area contributed by atoms with E-state index in [9.17, 15) is 9.46 Å². The standard InChI is InChI=1S/C26H55O4P.C8H19N/c1-3-5-7-9-11-13-15-17-19-21-23-25-29-31(27,28)30-26-24-22-20-18-16-14-12-10-8-6-4-2;1-3-8(2)6-4-5-7-9/h3-26H2,1-2H3,(H,27,28);8H,3-7,9H2,1-2H3. The Kier molecular flexibility index (Phi) is 37.2. The number of phosphoric acid groups is 1. The van der Waals surface area contributed by atoms with Crippen molar-refractivity contribution in [2.24, 2.45) is 11.7 Å². The maximum absolute atomic E-state index is 11.9. The molecule has 0 bridgehead atoms. The first-order valence-electron chi connectivity index (χ1n) is 17.7. The average Bonchev–Trinajstić information content (AvgIpc) is 2.94. The van der Waals surface area contributed by atoms with Gasteiger partial charge in [-0.15, -0.1) is 0 Å². The molecule has 0 spiro atoms. The Labute approximate surface area is 252 Å². The first kappa shape index (κ1) is 42.2. The van der Waals surface area contributed by atoms with Crippen LogP contribution in [-0.2, 0) is 13.6 Å². The van der Waals surface area contributed by atoms with Gasteiger partial charge in [0.25, 0.3) is 0 Å². The second-order valence-corrected chi connectivity index (χ2v) is 13.5. The molecule has 244 valence electrons. The number of hydrogen-bond donors (Lipinski definition) is 2. The van der Waals surface area contributed by atoms with Crippen molar-refractivity contribution >= 4 is 7.82 Å². The smallest absolute Gasteiger partial charge is 0.330 e. The van der Waals surface area contributed by atoms with Gasteiger partial charge in [-0.05, 0) is 31.7 Å². The summed E-state index contributed by atoms with van der Waals surface area (Å²) in [7, 11) is -3.85. The van der Waals surface area contributed by atoms with E-state index in [4.69, 9.17) is 14.8 Å².